The molecule has 0 unspecified atom stereocenters. The molecule has 0 heterocycles. The molecule has 76 valence electrons. The molecular weight excluding hydrogens is 196 g/mol. The fourth-order valence-electron chi connectivity index (χ4n) is 1.87. The summed E-state index contributed by atoms with van der Waals surface area (Å²) >= 11 is 0. The highest BCUT2D eigenvalue weighted by Gasteiger charge is 2.14. The first kappa shape index (κ1) is 10.2. The molecule has 2 heteroatoms. The lowest BCUT2D eigenvalue weighted by atomic mass is 10.1. The van der Waals surface area contributed by atoms with Crippen molar-refractivity contribution in [1.82, 2.24) is 0 Å². The smallest absolute Gasteiger partial charge is 0.132 e. The van der Waals surface area contributed by atoms with Crippen LogP contribution >= 0.6 is 0 Å². The molecule has 0 aromatic heterocycles. The monoisotopic (exact) mass is 206 g/mol. The molecule has 0 fully saturated rings. The van der Waals surface area contributed by atoms with Gasteiger partial charge < -0.3 is 0 Å². The lowest BCUT2D eigenvalue weighted by Crippen LogP contribution is -1.79. The van der Waals surface area contributed by atoms with Crippen LogP contribution in [0.25, 0.3) is 5.57 Å². The van der Waals surface area contributed by atoms with E-state index < -0.39 is 0 Å². The molecule has 2 nitrogen and oxygen atoms in total. The van der Waals surface area contributed by atoms with Crippen molar-refractivity contribution in [3.8, 4) is 12.1 Å². The van der Waals surface area contributed by atoms with Crippen molar-refractivity contribution in [1.29, 1.82) is 10.5 Å². The molecule has 0 saturated heterocycles. The molecule has 0 aliphatic heterocycles. The Labute approximate surface area is 94.8 Å². The Bertz CT molecular complexity index is 520. The molecule has 1 aliphatic rings. The van der Waals surface area contributed by atoms with Gasteiger partial charge in [-0.2, -0.15) is 10.5 Å². The predicted molar refractivity (Wildman–Crippen MR) is 61.9 cm³/mol. The summed E-state index contributed by atoms with van der Waals surface area (Å²) in [6, 6.07) is 13.9. The summed E-state index contributed by atoms with van der Waals surface area (Å²) < 4.78 is 0. The number of rotatable bonds is 1. The van der Waals surface area contributed by atoms with E-state index in [9.17, 15) is 0 Å². The minimum Gasteiger partial charge on any atom is -0.192 e. The summed E-state index contributed by atoms with van der Waals surface area (Å²) in [5, 5.41) is 17.6. The van der Waals surface area contributed by atoms with Crippen molar-refractivity contribution in [3.63, 3.8) is 0 Å². The van der Waals surface area contributed by atoms with Crippen LogP contribution in [-0.2, 0) is 0 Å². The Morgan fingerprint density at radius 3 is 2.31 bits per heavy atom. The molecule has 0 amide bonds. The quantitative estimate of drug-likeness (QED) is 0.662. The van der Waals surface area contributed by atoms with Gasteiger partial charge in [0.1, 0.15) is 17.7 Å². The average molecular weight is 206 g/mol. The van der Waals surface area contributed by atoms with E-state index in [-0.39, 0.29) is 5.57 Å². The van der Waals surface area contributed by atoms with Crippen molar-refractivity contribution in [2.45, 2.75) is 12.8 Å². The minimum atomic E-state index is 0.242. The Hall–Kier alpha value is -2.32. The van der Waals surface area contributed by atoms with Gasteiger partial charge >= 0.3 is 0 Å². The highest BCUT2D eigenvalue weighted by Crippen LogP contribution is 2.32. The zero-order chi connectivity index (χ0) is 11.4. The third-order valence-corrected chi connectivity index (χ3v) is 2.70. The Morgan fingerprint density at radius 1 is 1.00 bits per heavy atom. The molecular formula is C14H10N2. The van der Waals surface area contributed by atoms with E-state index >= 15 is 0 Å². The summed E-state index contributed by atoms with van der Waals surface area (Å²) in [4.78, 5) is 0. The van der Waals surface area contributed by atoms with Crippen LogP contribution in [0.1, 0.15) is 18.4 Å². The second-order valence-electron chi connectivity index (χ2n) is 3.66. The zero-order valence-electron chi connectivity index (χ0n) is 8.77. The van der Waals surface area contributed by atoms with Crippen molar-refractivity contribution in [2.24, 2.45) is 0 Å². The fourth-order valence-corrected chi connectivity index (χ4v) is 1.87. The highest BCUT2D eigenvalue weighted by atomic mass is 14.3. The average Bonchev–Trinajstić information content (AvgIpc) is 2.81. The van der Waals surface area contributed by atoms with Crippen LogP contribution < -0.4 is 0 Å². The summed E-state index contributed by atoms with van der Waals surface area (Å²) in [7, 11) is 0. The van der Waals surface area contributed by atoms with Crippen LogP contribution in [0.3, 0.4) is 0 Å². The van der Waals surface area contributed by atoms with Crippen LogP contribution in [0.2, 0.25) is 0 Å². The number of nitrogens with zero attached hydrogens (tertiary/aromatic N) is 2. The second-order valence-corrected chi connectivity index (χ2v) is 3.66. The van der Waals surface area contributed by atoms with Crippen molar-refractivity contribution in [2.75, 3.05) is 0 Å². The van der Waals surface area contributed by atoms with E-state index in [2.05, 4.69) is 0 Å². The number of allylic oxidation sites excluding steroid dienone is 4. The molecule has 1 aromatic rings. The molecule has 1 aliphatic carbocycles. The van der Waals surface area contributed by atoms with Crippen molar-refractivity contribution in [3.05, 3.63) is 53.1 Å². The largest absolute Gasteiger partial charge is 0.192 e. The van der Waals surface area contributed by atoms with Gasteiger partial charge in [0.05, 0.1) is 0 Å². The van der Waals surface area contributed by atoms with Gasteiger partial charge in [0.25, 0.3) is 0 Å². The molecule has 0 spiro atoms. The van der Waals surface area contributed by atoms with Gasteiger partial charge in [0, 0.05) is 0 Å². The van der Waals surface area contributed by atoms with Crippen LogP contribution in [0.15, 0.2) is 47.6 Å². The number of hydrogen-bond acceptors (Lipinski definition) is 2. The SMILES string of the molecule is N#CC(C#N)=C1C=C(c2ccccc2)CC1. The maximum absolute atomic E-state index is 8.78. The highest BCUT2D eigenvalue weighted by molar-refractivity contribution is 5.73. The van der Waals surface area contributed by atoms with E-state index in [0.717, 1.165) is 18.4 Å². The van der Waals surface area contributed by atoms with Crippen molar-refractivity contribution >= 4 is 5.57 Å². The van der Waals surface area contributed by atoms with E-state index in [1.807, 2.05) is 48.5 Å². The first-order valence-corrected chi connectivity index (χ1v) is 5.14. The maximum Gasteiger partial charge on any atom is 0.132 e. The third kappa shape index (κ3) is 1.87. The van der Waals surface area contributed by atoms with Gasteiger partial charge in [-0.15, -0.1) is 0 Å². The summed E-state index contributed by atoms with van der Waals surface area (Å²) in [5.74, 6) is 0. The number of hydrogen-bond donors (Lipinski definition) is 0. The lowest BCUT2D eigenvalue weighted by Gasteiger charge is -1.98. The van der Waals surface area contributed by atoms with E-state index in [0.29, 0.717) is 0 Å². The second kappa shape index (κ2) is 4.47. The Morgan fingerprint density at radius 2 is 1.69 bits per heavy atom. The number of nitriles is 2. The molecule has 1 aromatic carbocycles. The minimum absolute atomic E-state index is 0.242. The van der Waals surface area contributed by atoms with E-state index in [1.165, 1.54) is 11.1 Å². The topological polar surface area (TPSA) is 47.6 Å². The van der Waals surface area contributed by atoms with Crippen LogP contribution in [0.4, 0.5) is 0 Å². The first-order chi connectivity index (χ1) is 7.85. The maximum atomic E-state index is 8.78. The normalized spacial score (nSPS) is 13.9. The molecule has 16 heavy (non-hydrogen) atoms. The summed E-state index contributed by atoms with van der Waals surface area (Å²) in [5.41, 5.74) is 3.49. The van der Waals surface area contributed by atoms with Crippen molar-refractivity contribution < 1.29 is 0 Å². The van der Waals surface area contributed by atoms with E-state index in [1.54, 1.807) is 0 Å². The van der Waals surface area contributed by atoms with Crippen LogP contribution in [-0.4, -0.2) is 0 Å². The standard InChI is InChI=1S/C14H10N2/c15-9-14(10-16)13-7-6-12(8-13)11-4-2-1-3-5-11/h1-5,8H,6-7H2. The van der Waals surface area contributed by atoms with Gasteiger partial charge in [-0.25, -0.2) is 0 Å². The van der Waals surface area contributed by atoms with Gasteiger partial charge in [-0.05, 0) is 29.6 Å². The molecule has 0 radical (unpaired) electrons. The van der Waals surface area contributed by atoms with Crippen LogP contribution in [0, 0.1) is 22.7 Å². The lowest BCUT2D eigenvalue weighted by molar-refractivity contribution is 1.07. The predicted octanol–water partition coefficient (Wildman–Crippen LogP) is 3.21. The summed E-state index contributed by atoms with van der Waals surface area (Å²) in [6.45, 7) is 0. The number of benzene rings is 1. The van der Waals surface area contributed by atoms with Gasteiger partial charge in [-0.3, -0.25) is 0 Å². The molecule has 0 saturated carbocycles. The first-order valence-electron chi connectivity index (χ1n) is 5.14. The summed E-state index contributed by atoms with van der Waals surface area (Å²) in [6.07, 6.45) is 3.67. The Balaban J connectivity index is 2.37. The molecule has 0 atom stereocenters. The van der Waals surface area contributed by atoms with E-state index in [4.69, 9.17) is 10.5 Å². The fraction of sp³-hybridized carbons (Fsp3) is 0.143. The molecule has 0 bridgehead atoms. The molecule has 2 rings (SSSR count). The van der Waals surface area contributed by atoms with Gasteiger partial charge in [0.2, 0.25) is 0 Å². The zero-order valence-corrected chi connectivity index (χ0v) is 8.77. The molecule has 0 N–H and O–H groups in total. The van der Waals surface area contributed by atoms with Gasteiger partial charge in [-0.1, -0.05) is 36.4 Å². The third-order valence-electron chi connectivity index (χ3n) is 2.70. The Kier molecular flexibility index (Phi) is 2.85. The van der Waals surface area contributed by atoms with Crippen LogP contribution in [0.5, 0.6) is 0 Å². The van der Waals surface area contributed by atoms with Gasteiger partial charge in [0.15, 0.2) is 0 Å².